The molecule has 1 fully saturated rings. The van der Waals surface area contributed by atoms with Crippen molar-refractivity contribution in [1.82, 2.24) is 14.5 Å². The van der Waals surface area contributed by atoms with E-state index in [0.29, 0.717) is 11.3 Å². The fraction of sp³-hybridized carbons (Fsp3) is 0.538. The summed E-state index contributed by atoms with van der Waals surface area (Å²) >= 11 is 0. The summed E-state index contributed by atoms with van der Waals surface area (Å²) in [6.45, 7) is 2.88. The molecule has 4 atom stereocenters. The molecule has 0 aliphatic carbocycles. The van der Waals surface area contributed by atoms with Gasteiger partial charge in [-0.1, -0.05) is 0 Å². The highest BCUT2D eigenvalue weighted by molar-refractivity contribution is 5.79. The second-order valence-electron chi connectivity index (χ2n) is 5.51. The van der Waals surface area contributed by atoms with Gasteiger partial charge in [0, 0.05) is 11.6 Å². The molecular weight excluding hydrogens is 276 g/mol. The molecule has 21 heavy (non-hydrogen) atoms. The number of ether oxygens (including phenoxy) is 1. The highest BCUT2D eigenvalue weighted by atomic mass is 16.6. The molecule has 1 aliphatic heterocycles. The Kier molecular flexibility index (Phi) is 3.14. The van der Waals surface area contributed by atoms with Crippen molar-refractivity contribution in [2.24, 2.45) is 0 Å². The average molecular weight is 294 g/mol. The van der Waals surface area contributed by atoms with E-state index in [1.165, 1.54) is 6.92 Å². The Morgan fingerprint density at radius 2 is 2.19 bits per heavy atom. The summed E-state index contributed by atoms with van der Waals surface area (Å²) in [4.78, 5) is 8.26. The third kappa shape index (κ3) is 1.99. The summed E-state index contributed by atoms with van der Waals surface area (Å²) in [7, 11) is 0. The minimum absolute atomic E-state index is 0.122. The van der Waals surface area contributed by atoms with Crippen molar-refractivity contribution >= 4 is 17.0 Å². The maximum Gasteiger partial charge on any atom is 0.222 e. The number of anilines is 1. The van der Waals surface area contributed by atoms with Crippen molar-refractivity contribution in [3.05, 3.63) is 18.0 Å². The van der Waals surface area contributed by atoms with Crippen LogP contribution in [0.5, 0.6) is 0 Å². The standard InChI is InChI=1S/C13H18N4O4/c1-6-7-3-4-17(10(7)16-12(14)15-6)11-13(2,20)9(19)8(5-18)21-11/h3-4,8-9,11,18-20H,5H2,1-2H3,(H2,14,15,16)/t8-,9-,11-,13-/m1/s1. The normalized spacial score (nSPS) is 32.9. The molecule has 3 heterocycles. The first-order valence-electron chi connectivity index (χ1n) is 6.63. The van der Waals surface area contributed by atoms with E-state index in [1.54, 1.807) is 16.8 Å². The van der Waals surface area contributed by atoms with Crippen LogP contribution in [0, 0.1) is 6.92 Å². The van der Waals surface area contributed by atoms with Crippen LogP contribution in [0.15, 0.2) is 12.3 Å². The van der Waals surface area contributed by atoms with Gasteiger partial charge in [-0.15, -0.1) is 0 Å². The molecule has 0 radical (unpaired) electrons. The van der Waals surface area contributed by atoms with E-state index < -0.39 is 24.0 Å². The van der Waals surface area contributed by atoms with Crippen LogP contribution < -0.4 is 5.73 Å². The van der Waals surface area contributed by atoms with Gasteiger partial charge in [-0.05, 0) is 19.9 Å². The first-order chi connectivity index (χ1) is 9.86. The van der Waals surface area contributed by atoms with E-state index >= 15 is 0 Å². The van der Waals surface area contributed by atoms with Crippen molar-refractivity contribution in [2.75, 3.05) is 12.3 Å². The van der Waals surface area contributed by atoms with Gasteiger partial charge in [0.05, 0.1) is 12.3 Å². The second kappa shape index (κ2) is 4.63. The molecule has 1 saturated heterocycles. The Hall–Kier alpha value is -1.74. The summed E-state index contributed by atoms with van der Waals surface area (Å²) in [5, 5.41) is 30.6. The molecule has 8 heteroatoms. The van der Waals surface area contributed by atoms with Crippen LogP contribution in [0.3, 0.4) is 0 Å². The fourth-order valence-electron chi connectivity index (χ4n) is 2.78. The van der Waals surface area contributed by atoms with Crippen LogP contribution in [0.4, 0.5) is 5.95 Å². The molecule has 2 aromatic rings. The first-order valence-corrected chi connectivity index (χ1v) is 6.63. The van der Waals surface area contributed by atoms with Crippen LogP contribution in [-0.4, -0.2) is 54.3 Å². The molecule has 1 aliphatic rings. The Morgan fingerprint density at radius 3 is 2.81 bits per heavy atom. The zero-order chi connectivity index (χ0) is 15.4. The van der Waals surface area contributed by atoms with Gasteiger partial charge in [-0.25, -0.2) is 4.98 Å². The number of hydrogen-bond donors (Lipinski definition) is 4. The van der Waals surface area contributed by atoms with E-state index in [-0.39, 0.29) is 12.6 Å². The summed E-state index contributed by atoms with van der Waals surface area (Å²) in [5.74, 6) is 0.122. The highest BCUT2D eigenvalue weighted by Crippen LogP contribution is 2.39. The van der Waals surface area contributed by atoms with Gasteiger partial charge < -0.3 is 30.4 Å². The number of rotatable bonds is 2. The molecule has 0 amide bonds. The maximum atomic E-state index is 10.5. The Bertz CT molecular complexity index is 684. The zero-order valence-electron chi connectivity index (χ0n) is 11.8. The number of aliphatic hydroxyl groups excluding tert-OH is 2. The molecule has 5 N–H and O–H groups in total. The molecule has 114 valence electrons. The Balaban J connectivity index is 2.13. The lowest BCUT2D eigenvalue weighted by atomic mass is 9.96. The molecule has 0 aromatic carbocycles. The smallest absolute Gasteiger partial charge is 0.222 e. The Labute approximate surface area is 120 Å². The largest absolute Gasteiger partial charge is 0.394 e. The number of aryl methyl sites for hydroxylation is 1. The maximum absolute atomic E-state index is 10.5. The number of hydrogen-bond acceptors (Lipinski definition) is 7. The number of nitrogen functional groups attached to an aromatic ring is 1. The minimum atomic E-state index is -1.56. The van der Waals surface area contributed by atoms with E-state index in [2.05, 4.69) is 9.97 Å². The molecule has 8 nitrogen and oxygen atoms in total. The van der Waals surface area contributed by atoms with Gasteiger partial charge in [0.1, 0.15) is 23.5 Å². The SMILES string of the molecule is Cc1nc(N)nc2c1ccn2[C@@H]1O[C@H](CO)[C@@H](O)[C@@]1(C)O. The molecule has 0 spiro atoms. The minimum Gasteiger partial charge on any atom is -0.394 e. The van der Waals surface area contributed by atoms with Gasteiger partial charge in [0.2, 0.25) is 5.95 Å². The van der Waals surface area contributed by atoms with Crippen LogP contribution in [0.25, 0.3) is 11.0 Å². The van der Waals surface area contributed by atoms with Crippen molar-refractivity contribution in [3.8, 4) is 0 Å². The van der Waals surface area contributed by atoms with Crippen molar-refractivity contribution in [2.45, 2.75) is 37.9 Å². The number of fused-ring (bicyclic) bond motifs is 1. The predicted molar refractivity (Wildman–Crippen MR) is 74.3 cm³/mol. The number of aliphatic hydroxyl groups is 3. The van der Waals surface area contributed by atoms with Gasteiger partial charge in [-0.2, -0.15) is 4.98 Å². The molecule has 0 bridgehead atoms. The first kappa shape index (κ1) is 14.2. The summed E-state index contributed by atoms with van der Waals surface area (Å²) in [6.07, 6.45) is -1.25. The van der Waals surface area contributed by atoms with Gasteiger partial charge >= 0.3 is 0 Å². The van der Waals surface area contributed by atoms with Crippen molar-refractivity contribution < 1.29 is 20.1 Å². The molecule has 0 saturated carbocycles. The highest BCUT2D eigenvalue weighted by Gasteiger charge is 2.53. The molecule has 2 aromatic heterocycles. The van der Waals surface area contributed by atoms with E-state index in [4.69, 9.17) is 10.5 Å². The molecular formula is C13H18N4O4. The van der Waals surface area contributed by atoms with Crippen LogP contribution in [-0.2, 0) is 4.74 Å². The summed E-state index contributed by atoms with van der Waals surface area (Å²) in [6, 6.07) is 1.79. The monoisotopic (exact) mass is 294 g/mol. The van der Waals surface area contributed by atoms with E-state index in [9.17, 15) is 15.3 Å². The van der Waals surface area contributed by atoms with Crippen molar-refractivity contribution in [1.29, 1.82) is 0 Å². The third-order valence-corrected chi connectivity index (χ3v) is 3.97. The quantitative estimate of drug-likeness (QED) is 0.578. The third-order valence-electron chi connectivity index (χ3n) is 3.97. The molecule has 0 unspecified atom stereocenters. The second-order valence-corrected chi connectivity index (χ2v) is 5.51. The summed E-state index contributed by atoms with van der Waals surface area (Å²) < 4.78 is 7.18. The Morgan fingerprint density at radius 1 is 1.48 bits per heavy atom. The van der Waals surface area contributed by atoms with Crippen molar-refractivity contribution in [3.63, 3.8) is 0 Å². The van der Waals surface area contributed by atoms with Gasteiger partial charge in [0.15, 0.2) is 6.23 Å². The van der Waals surface area contributed by atoms with E-state index in [1.807, 2.05) is 6.92 Å². The van der Waals surface area contributed by atoms with E-state index in [0.717, 1.165) is 5.39 Å². The fourth-order valence-corrected chi connectivity index (χ4v) is 2.78. The predicted octanol–water partition coefficient (Wildman–Crippen LogP) is -0.676. The lowest BCUT2D eigenvalue weighted by Crippen LogP contribution is -2.44. The lowest BCUT2D eigenvalue weighted by molar-refractivity contribution is -0.0948. The lowest BCUT2D eigenvalue weighted by Gasteiger charge is -2.27. The summed E-state index contributed by atoms with van der Waals surface area (Å²) in [5.41, 5.74) is 5.34. The van der Waals surface area contributed by atoms with Crippen LogP contribution in [0.2, 0.25) is 0 Å². The van der Waals surface area contributed by atoms with Gasteiger partial charge in [-0.3, -0.25) is 0 Å². The van der Waals surface area contributed by atoms with Gasteiger partial charge in [0.25, 0.3) is 0 Å². The molecule has 3 rings (SSSR count). The van der Waals surface area contributed by atoms with Crippen LogP contribution in [0.1, 0.15) is 18.8 Å². The zero-order valence-corrected chi connectivity index (χ0v) is 11.8. The number of aromatic nitrogens is 3. The number of nitrogens with two attached hydrogens (primary N) is 1. The average Bonchev–Trinajstić information content (AvgIpc) is 2.91. The number of nitrogens with zero attached hydrogens (tertiary/aromatic N) is 3. The van der Waals surface area contributed by atoms with Crippen LogP contribution >= 0.6 is 0 Å². The topological polar surface area (TPSA) is 127 Å².